The van der Waals surface area contributed by atoms with Crippen LogP contribution < -0.4 is 5.32 Å². The molecular formula is C13H27NO2. The summed E-state index contributed by atoms with van der Waals surface area (Å²) >= 11 is 0. The highest BCUT2D eigenvalue weighted by atomic mass is 16.5. The molecule has 1 N–H and O–H groups in total. The van der Waals surface area contributed by atoms with Gasteiger partial charge in [0.2, 0.25) is 0 Å². The van der Waals surface area contributed by atoms with Gasteiger partial charge in [0.25, 0.3) is 0 Å². The molecule has 3 atom stereocenters. The minimum Gasteiger partial charge on any atom is -0.381 e. The lowest BCUT2D eigenvalue weighted by Crippen LogP contribution is -2.55. The van der Waals surface area contributed by atoms with Crippen molar-refractivity contribution in [2.24, 2.45) is 5.92 Å². The number of ether oxygens (including phenoxy) is 2. The van der Waals surface area contributed by atoms with E-state index in [9.17, 15) is 0 Å². The van der Waals surface area contributed by atoms with Crippen molar-refractivity contribution in [1.29, 1.82) is 0 Å². The second-order valence-electron chi connectivity index (χ2n) is 4.88. The Labute approximate surface area is 99.9 Å². The number of hydrogen-bond acceptors (Lipinski definition) is 3. The Balaban J connectivity index is 2.70. The van der Waals surface area contributed by atoms with E-state index in [1.54, 1.807) is 0 Å². The average molecular weight is 229 g/mol. The Hall–Kier alpha value is -0.120. The van der Waals surface area contributed by atoms with Gasteiger partial charge in [0.05, 0.1) is 12.2 Å². The van der Waals surface area contributed by atoms with Crippen LogP contribution in [0.3, 0.4) is 0 Å². The summed E-state index contributed by atoms with van der Waals surface area (Å²) in [7, 11) is 1.82. The maximum Gasteiger partial charge on any atom is 0.0803 e. The van der Waals surface area contributed by atoms with Gasteiger partial charge in [-0.25, -0.2) is 0 Å². The lowest BCUT2D eigenvalue weighted by Gasteiger charge is -2.42. The molecule has 0 aromatic heterocycles. The van der Waals surface area contributed by atoms with Crippen molar-refractivity contribution in [3.8, 4) is 0 Å². The zero-order valence-corrected chi connectivity index (χ0v) is 11.2. The van der Waals surface area contributed by atoms with E-state index in [2.05, 4.69) is 26.1 Å². The van der Waals surface area contributed by atoms with E-state index < -0.39 is 0 Å². The topological polar surface area (TPSA) is 30.5 Å². The highest BCUT2D eigenvalue weighted by Gasteiger charge is 2.38. The quantitative estimate of drug-likeness (QED) is 0.757. The van der Waals surface area contributed by atoms with Gasteiger partial charge in [0.15, 0.2) is 0 Å². The molecule has 1 aliphatic rings. The molecular weight excluding hydrogens is 202 g/mol. The van der Waals surface area contributed by atoms with Gasteiger partial charge in [0, 0.05) is 25.7 Å². The molecule has 0 amide bonds. The predicted octanol–water partition coefficient (Wildman–Crippen LogP) is 2.21. The van der Waals surface area contributed by atoms with Crippen LogP contribution in [0.5, 0.6) is 0 Å². The normalized spacial score (nSPS) is 27.4. The van der Waals surface area contributed by atoms with E-state index in [1.807, 2.05) is 7.11 Å². The van der Waals surface area contributed by atoms with Crippen LogP contribution in [-0.4, -0.2) is 38.5 Å². The van der Waals surface area contributed by atoms with E-state index in [-0.39, 0.29) is 5.60 Å². The van der Waals surface area contributed by atoms with Gasteiger partial charge in [-0.3, -0.25) is 0 Å². The smallest absolute Gasteiger partial charge is 0.0803 e. The Morgan fingerprint density at radius 2 is 2.25 bits per heavy atom. The van der Waals surface area contributed by atoms with Crippen molar-refractivity contribution < 1.29 is 9.47 Å². The molecule has 1 saturated heterocycles. The van der Waals surface area contributed by atoms with Gasteiger partial charge in [-0.1, -0.05) is 13.8 Å². The van der Waals surface area contributed by atoms with Gasteiger partial charge in [-0.15, -0.1) is 0 Å². The molecule has 16 heavy (non-hydrogen) atoms. The summed E-state index contributed by atoms with van der Waals surface area (Å²) in [6.45, 7) is 9.33. The van der Waals surface area contributed by atoms with E-state index in [0.717, 1.165) is 26.2 Å². The average Bonchev–Trinajstić information content (AvgIpc) is 2.36. The molecule has 0 radical (unpaired) electrons. The molecule has 0 aromatic rings. The second kappa shape index (κ2) is 6.58. The second-order valence-corrected chi connectivity index (χ2v) is 4.88. The number of rotatable bonds is 6. The summed E-state index contributed by atoms with van der Waals surface area (Å²) in [4.78, 5) is 0. The summed E-state index contributed by atoms with van der Waals surface area (Å²) in [6.07, 6.45) is 3.45. The van der Waals surface area contributed by atoms with Gasteiger partial charge >= 0.3 is 0 Å². The summed E-state index contributed by atoms with van der Waals surface area (Å²) < 4.78 is 11.3. The van der Waals surface area contributed by atoms with Gasteiger partial charge in [-0.2, -0.15) is 0 Å². The Bertz CT molecular complexity index is 186. The molecule has 1 aliphatic heterocycles. The van der Waals surface area contributed by atoms with Crippen LogP contribution in [0.2, 0.25) is 0 Å². The number of likely N-dealkylation sites (N-methyl/N-ethyl adjacent to an activating group) is 1. The highest BCUT2D eigenvalue weighted by molar-refractivity contribution is 4.93. The van der Waals surface area contributed by atoms with Crippen LogP contribution in [0.1, 0.15) is 40.0 Å². The molecule has 1 rings (SSSR count). The summed E-state index contributed by atoms with van der Waals surface area (Å²) in [6, 6.07) is 0.396. The van der Waals surface area contributed by atoms with Gasteiger partial charge < -0.3 is 14.8 Å². The first kappa shape index (κ1) is 13.9. The van der Waals surface area contributed by atoms with E-state index in [0.29, 0.717) is 12.0 Å². The maximum absolute atomic E-state index is 5.74. The molecule has 0 saturated carbocycles. The van der Waals surface area contributed by atoms with Crippen molar-refractivity contribution in [3.05, 3.63) is 0 Å². The maximum atomic E-state index is 5.74. The third kappa shape index (κ3) is 3.19. The molecule has 0 aromatic carbocycles. The standard InChI is InChI=1S/C13H27NO2/c1-5-13(3,15-4)12(14-6-2)11-8-7-9-16-10-11/h11-12,14H,5-10H2,1-4H3. The third-order valence-corrected chi connectivity index (χ3v) is 3.92. The van der Waals surface area contributed by atoms with Crippen LogP contribution in [0, 0.1) is 5.92 Å². The first-order valence-corrected chi connectivity index (χ1v) is 6.54. The first-order chi connectivity index (χ1) is 7.68. The van der Waals surface area contributed by atoms with E-state index >= 15 is 0 Å². The molecule has 3 nitrogen and oxygen atoms in total. The minimum atomic E-state index is -0.0820. The van der Waals surface area contributed by atoms with Crippen LogP contribution in [-0.2, 0) is 9.47 Å². The van der Waals surface area contributed by atoms with Crippen LogP contribution in [0.15, 0.2) is 0 Å². The van der Waals surface area contributed by atoms with Gasteiger partial charge in [-0.05, 0) is 32.7 Å². The number of hydrogen-bond donors (Lipinski definition) is 1. The molecule has 3 heteroatoms. The van der Waals surface area contributed by atoms with E-state index in [4.69, 9.17) is 9.47 Å². The molecule has 96 valence electrons. The third-order valence-electron chi connectivity index (χ3n) is 3.92. The molecule has 1 heterocycles. The Kier molecular flexibility index (Phi) is 5.73. The number of nitrogens with one attached hydrogen (secondary N) is 1. The zero-order chi connectivity index (χ0) is 12.0. The largest absolute Gasteiger partial charge is 0.381 e. The predicted molar refractivity (Wildman–Crippen MR) is 66.7 cm³/mol. The lowest BCUT2D eigenvalue weighted by atomic mass is 9.81. The highest BCUT2D eigenvalue weighted by Crippen LogP contribution is 2.29. The van der Waals surface area contributed by atoms with Crippen molar-refractivity contribution in [1.82, 2.24) is 5.32 Å². The molecule has 3 unspecified atom stereocenters. The zero-order valence-electron chi connectivity index (χ0n) is 11.2. The summed E-state index contributed by atoms with van der Waals surface area (Å²) in [5, 5.41) is 3.59. The SMILES string of the molecule is CCNC(C1CCCOC1)C(C)(CC)OC. The first-order valence-electron chi connectivity index (χ1n) is 6.54. The van der Waals surface area contributed by atoms with Crippen molar-refractivity contribution in [3.63, 3.8) is 0 Å². The minimum absolute atomic E-state index is 0.0820. The number of methoxy groups -OCH3 is 1. The lowest BCUT2D eigenvalue weighted by molar-refractivity contribution is -0.0691. The van der Waals surface area contributed by atoms with Crippen molar-refractivity contribution >= 4 is 0 Å². The van der Waals surface area contributed by atoms with Crippen LogP contribution >= 0.6 is 0 Å². The molecule has 0 aliphatic carbocycles. The summed E-state index contributed by atoms with van der Waals surface area (Å²) in [5.74, 6) is 0.582. The molecule has 0 bridgehead atoms. The molecule has 1 fully saturated rings. The van der Waals surface area contributed by atoms with Crippen molar-refractivity contribution in [2.45, 2.75) is 51.7 Å². The fourth-order valence-electron chi connectivity index (χ4n) is 2.62. The molecule has 0 spiro atoms. The monoisotopic (exact) mass is 229 g/mol. The van der Waals surface area contributed by atoms with Crippen LogP contribution in [0.4, 0.5) is 0 Å². The van der Waals surface area contributed by atoms with Crippen molar-refractivity contribution in [2.75, 3.05) is 26.9 Å². The van der Waals surface area contributed by atoms with E-state index in [1.165, 1.54) is 12.8 Å². The summed E-state index contributed by atoms with van der Waals surface area (Å²) in [5.41, 5.74) is -0.0820. The Morgan fingerprint density at radius 3 is 2.69 bits per heavy atom. The van der Waals surface area contributed by atoms with Gasteiger partial charge in [0.1, 0.15) is 0 Å². The van der Waals surface area contributed by atoms with Crippen LogP contribution in [0.25, 0.3) is 0 Å². The Morgan fingerprint density at radius 1 is 1.50 bits per heavy atom. The fraction of sp³-hybridized carbons (Fsp3) is 1.00. The fourth-order valence-corrected chi connectivity index (χ4v) is 2.62.